The Morgan fingerprint density at radius 3 is 3.13 bits per heavy atom. The minimum atomic E-state index is 0.0754. The number of aromatic nitrogens is 1. The van der Waals surface area contributed by atoms with Crippen molar-refractivity contribution in [2.45, 2.75) is 6.42 Å². The number of carbonyl (C=O) groups is 1. The number of fused-ring (bicyclic) bond motifs is 1. The lowest BCUT2D eigenvalue weighted by Crippen LogP contribution is -2.03. The largest absolute Gasteiger partial charge is 0.326 e. The third-order valence-corrected chi connectivity index (χ3v) is 3.27. The fourth-order valence-electron chi connectivity index (χ4n) is 1.73. The molecule has 0 aliphatic carbocycles. The van der Waals surface area contributed by atoms with Gasteiger partial charge in [-0.25, -0.2) is 0 Å². The molecule has 0 fully saturated rings. The molecule has 0 bridgehead atoms. The minimum absolute atomic E-state index is 0.0754. The van der Waals surface area contributed by atoms with Crippen molar-refractivity contribution >= 4 is 22.9 Å². The Morgan fingerprint density at radius 2 is 2.33 bits per heavy atom. The third-order valence-electron chi connectivity index (χ3n) is 2.45. The number of hydrogen-bond donors (Lipinski definition) is 1. The van der Waals surface area contributed by atoms with Crippen molar-refractivity contribution in [3.05, 3.63) is 35.5 Å². The van der Waals surface area contributed by atoms with E-state index in [1.165, 1.54) is 0 Å². The topological polar surface area (TPSA) is 42.0 Å². The number of carbonyl (C=O) groups excluding carboxylic acids is 1. The maximum atomic E-state index is 11.2. The first-order valence-electron chi connectivity index (χ1n) is 4.64. The standard InChI is InChI=1S/C11H8N2OS/c14-11-4-7-1-2-8(3-9(7)13-11)10-5-12-6-15-10/h1-3,5-6H,4H2,(H,13,14). The van der Waals surface area contributed by atoms with Gasteiger partial charge in [-0.2, -0.15) is 0 Å². The van der Waals surface area contributed by atoms with Gasteiger partial charge in [0.05, 0.1) is 16.8 Å². The molecule has 0 unspecified atom stereocenters. The predicted octanol–water partition coefficient (Wildman–Crippen LogP) is 2.30. The zero-order valence-electron chi connectivity index (χ0n) is 7.86. The van der Waals surface area contributed by atoms with Gasteiger partial charge < -0.3 is 5.32 Å². The van der Waals surface area contributed by atoms with E-state index in [2.05, 4.69) is 10.3 Å². The first-order valence-corrected chi connectivity index (χ1v) is 5.52. The summed E-state index contributed by atoms with van der Waals surface area (Å²) in [5.74, 6) is 0.0754. The average Bonchev–Trinajstić information content (AvgIpc) is 2.82. The fourth-order valence-corrected chi connectivity index (χ4v) is 2.35. The summed E-state index contributed by atoms with van der Waals surface area (Å²) >= 11 is 1.60. The molecule has 0 atom stereocenters. The Bertz CT molecular complexity index is 519. The Morgan fingerprint density at radius 1 is 1.40 bits per heavy atom. The molecule has 0 saturated carbocycles. The summed E-state index contributed by atoms with van der Waals surface area (Å²) in [6.45, 7) is 0. The molecular formula is C11H8N2OS. The van der Waals surface area contributed by atoms with E-state index < -0.39 is 0 Å². The van der Waals surface area contributed by atoms with Crippen LogP contribution in [0.2, 0.25) is 0 Å². The molecule has 1 aromatic carbocycles. The number of benzene rings is 1. The molecule has 1 N–H and O–H groups in total. The van der Waals surface area contributed by atoms with E-state index in [9.17, 15) is 4.79 Å². The molecule has 0 radical (unpaired) electrons. The van der Waals surface area contributed by atoms with E-state index in [4.69, 9.17) is 0 Å². The molecular weight excluding hydrogens is 208 g/mol. The van der Waals surface area contributed by atoms with E-state index >= 15 is 0 Å². The van der Waals surface area contributed by atoms with Gasteiger partial charge in [0.15, 0.2) is 0 Å². The normalized spacial score (nSPS) is 13.7. The van der Waals surface area contributed by atoms with E-state index in [-0.39, 0.29) is 5.91 Å². The number of nitrogens with one attached hydrogen (secondary N) is 1. The van der Waals surface area contributed by atoms with Crippen LogP contribution in [0.5, 0.6) is 0 Å². The average molecular weight is 216 g/mol. The Labute approximate surface area is 90.8 Å². The van der Waals surface area contributed by atoms with Crippen LogP contribution in [-0.4, -0.2) is 10.9 Å². The van der Waals surface area contributed by atoms with E-state index in [0.717, 1.165) is 21.7 Å². The first kappa shape index (κ1) is 8.61. The smallest absolute Gasteiger partial charge is 0.228 e. The van der Waals surface area contributed by atoms with Crippen molar-refractivity contribution in [1.29, 1.82) is 0 Å². The minimum Gasteiger partial charge on any atom is -0.326 e. The molecule has 3 nitrogen and oxygen atoms in total. The van der Waals surface area contributed by atoms with Gasteiger partial charge in [0.1, 0.15) is 0 Å². The third kappa shape index (κ3) is 1.43. The SMILES string of the molecule is O=C1Cc2ccc(-c3cncs3)cc2N1. The molecule has 0 saturated heterocycles. The van der Waals surface area contributed by atoms with Crippen LogP contribution in [-0.2, 0) is 11.2 Å². The highest BCUT2D eigenvalue weighted by atomic mass is 32.1. The highest BCUT2D eigenvalue weighted by molar-refractivity contribution is 7.13. The number of rotatable bonds is 1. The summed E-state index contributed by atoms with van der Waals surface area (Å²) in [5.41, 5.74) is 4.93. The van der Waals surface area contributed by atoms with Gasteiger partial charge in [-0.05, 0) is 17.2 Å². The number of nitrogens with zero attached hydrogens (tertiary/aromatic N) is 1. The molecule has 1 amide bonds. The quantitative estimate of drug-likeness (QED) is 0.794. The summed E-state index contributed by atoms with van der Waals surface area (Å²) in [6.07, 6.45) is 2.33. The van der Waals surface area contributed by atoms with Crippen LogP contribution >= 0.6 is 11.3 Å². The van der Waals surface area contributed by atoms with Crippen LogP contribution in [0.1, 0.15) is 5.56 Å². The molecule has 4 heteroatoms. The van der Waals surface area contributed by atoms with E-state index in [0.29, 0.717) is 6.42 Å². The van der Waals surface area contributed by atoms with Gasteiger partial charge >= 0.3 is 0 Å². The highest BCUT2D eigenvalue weighted by Crippen LogP contribution is 2.30. The lowest BCUT2D eigenvalue weighted by molar-refractivity contribution is -0.115. The summed E-state index contributed by atoms with van der Waals surface area (Å²) in [6, 6.07) is 6.04. The van der Waals surface area contributed by atoms with Gasteiger partial charge in [0.2, 0.25) is 5.91 Å². The predicted molar refractivity (Wildman–Crippen MR) is 59.9 cm³/mol. The van der Waals surface area contributed by atoms with Gasteiger partial charge in [-0.1, -0.05) is 12.1 Å². The molecule has 1 aliphatic rings. The molecule has 2 aromatic rings. The first-order chi connectivity index (χ1) is 7.33. The van der Waals surface area contributed by atoms with Crippen LogP contribution < -0.4 is 5.32 Å². The van der Waals surface area contributed by atoms with Gasteiger partial charge in [-0.3, -0.25) is 9.78 Å². The summed E-state index contributed by atoms with van der Waals surface area (Å²) < 4.78 is 0. The maximum absolute atomic E-state index is 11.2. The monoisotopic (exact) mass is 216 g/mol. The van der Waals surface area contributed by atoms with Crippen LogP contribution in [0.25, 0.3) is 10.4 Å². The Balaban J connectivity index is 2.07. The molecule has 15 heavy (non-hydrogen) atoms. The van der Waals surface area contributed by atoms with Gasteiger partial charge in [-0.15, -0.1) is 11.3 Å². The number of anilines is 1. The van der Waals surface area contributed by atoms with Gasteiger partial charge in [0.25, 0.3) is 0 Å². The lowest BCUT2D eigenvalue weighted by Gasteiger charge is -2.01. The number of hydrogen-bond acceptors (Lipinski definition) is 3. The van der Waals surface area contributed by atoms with E-state index in [1.807, 2.05) is 24.4 Å². The zero-order chi connectivity index (χ0) is 10.3. The Hall–Kier alpha value is -1.68. The fraction of sp³-hybridized carbons (Fsp3) is 0.0909. The van der Waals surface area contributed by atoms with Crippen molar-refractivity contribution in [1.82, 2.24) is 4.98 Å². The summed E-state index contributed by atoms with van der Waals surface area (Å²) in [4.78, 5) is 16.3. The second-order valence-electron chi connectivity index (χ2n) is 3.46. The molecule has 1 aromatic heterocycles. The lowest BCUT2D eigenvalue weighted by atomic mass is 10.1. The second-order valence-corrected chi connectivity index (χ2v) is 4.35. The van der Waals surface area contributed by atoms with Crippen LogP contribution in [0, 0.1) is 0 Å². The van der Waals surface area contributed by atoms with Crippen molar-refractivity contribution in [2.75, 3.05) is 5.32 Å². The van der Waals surface area contributed by atoms with Crippen molar-refractivity contribution in [3.8, 4) is 10.4 Å². The molecule has 3 rings (SSSR count). The number of thiazole rings is 1. The Kier molecular flexibility index (Phi) is 1.82. The summed E-state index contributed by atoms with van der Waals surface area (Å²) in [5, 5.41) is 2.84. The van der Waals surface area contributed by atoms with E-state index in [1.54, 1.807) is 16.8 Å². The second kappa shape index (κ2) is 3.17. The van der Waals surface area contributed by atoms with Crippen LogP contribution in [0.3, 0.4) is 0 Å². The summed E-state index contributed by atoms with van der Waals surface area (Å²) in [7, 11) is 0. The highest BCUT2D eigenvalue weighted by Gasteiger charge is 2.17. The number of amides is 1. The molecule has 2 heterocycles. The van der Waals surface area contributed by atoms with Crippen molar-refractivity contribution < 1.29 is 4.79 Å². The maximum Gasteiger partial charge on any atom is 0.228 e. The molecule has 74 valence electrons. The van der Waals surface area contributed by atoms with Crippen LogP contribution in [0.15, 0.2) is 29.9 Å². The van der Waals surface area contributed by atoms with Crippen molar-refractivity contribution in [3.63, 3.8) is 0 Å². The van der Waals surface area contributed by atoms with Crippen LogP contribution in [0.4, 0.5) is 5.69 Å². The molecule has 0 spiro atoms. The molecule has 1 aliphatic heterocycles. The van der Waals surface area contributed by atoms with Gasteiger partial charge in [0, 0.05) is 11.9 Å². The zero-order valence-corrected chi connectivity index (χ0v) is 8.67. The van der Waals surface area contributed by atoms with Crippen molar-refractivity contribution in [2.24, 2.45) is 0 Å².